The van der Waals surface area contributed by atoms with E-state index in [0.29, 0.717) is 112 Å². The van der Waals surface area contributed by atoms with Crippen LogP contribution in [0.4, 0.5) is 5.69 Å². The highest BCUT2D eigenvalue weighted by atomic mass is 32.1. The Morgan fingerprint density at radius 2 is 1.26 bits per heavy atom. The van der Waals surface area contributed by atoms with E-state index < -0.39 is 17.5 Å². The molecule has 19 heteroatoms. The lowest BCUT2D eigenvalue weighted by Gasteiger charge is -2.36. The van der Waals surface area contributed by atoms with Crippen LogP contribution in [0.3, 0.4) is 0 Å². The van der Waals surface area contributed by atoms with Crippen LogP contribution in [0.15, 0.2) is 59.7 Å². The smallest absolute Gasteiger partial charge is 0.340 e. The van der Waals surface area contributed by atoms with Gasteiger partial charge in [-0.2, -0.15) is 0 Å². The molecule has 3 aromatic carbocycles. The quantitative estimate of drug-likeness (QED) is 0.0230. The number of hydrogen-bond donors (Lipinski definition) is 4. The number of nitrogens with zero attached hydrogens (tertiary/aromatic N) is 4. The van der Waals surface area contributed by atoms with E-state index in [1.165, 1.54) is 24.3 Å². The highest BCUT2D eigenvalue weighted by molar-refractivity contribution is 7.80. The van der Waals surface area contributed by atoms with Gasteiger partial charge < -0.3 is 63.4 Å². The van der Waals surface area contributed by atoms with Gasteiger partial charge in [-0.05, 0) is 54.1 Å². The molecule has 2 heterocycles. The number of carbonyl (C=O) groups is 2. The summed E-state index contributed by atoms with van der Waals surface area (Å²) in [7, 11) is 0. The van der Waals surface area contributed by atoms with E-state index in [0.717, 1.165) is 0 Å². The van der Waals surface area contributed by atoms with Gasteiger partial charge >= 0.3 is 11.9 Å². The molecule has 0 radical (unpaired) electrons. The van der Waals surface area contributed by atoms with E-state index in [2.05, 4.69) is 15.3 Å². The second-order valence-corrected chi connectivity index (χ2v) is 12.9. The number of nitrogens with one attached hydrogen (secondary N) is 1. The van der Waals surface area contributed by atoms with Crippen LogP contribution in [0.5, 0.6) is 23.0 Å². The number of aliphatic carboxylic acids is 1. The molecule has 0 aliphatic carbocycles. The molecular weight excluding hydrogens is 767 g/mol. The minimum atomic E-state index is -1.39. The molecule has 5 rings (SSSR count). The number of thiocarbonyl (C=S) groups is 1. The Kier molecular flexibility index (Phi) is 16.5. The number of anilines is 1. The van der Waals surface area contributed by atoms with Gasteiger partial charge in [-0.1, -0.05) is 11.2 Å². The Labute approximate surface area is 333 Å². The number of rotatable bonds is 25. The number of aromatic hydroxyl groups is 2. The number of hydrogen-bond acceptors (Lipinski definition) is 14. The second-order valence-electron chi connectivity index (χ2n) is 12.5. The lowest BCUT2D eigenvalue weighted by molar-refractivity contribution is -0.138. The van der Waals surface area contributed by atoms with E-state index >= 15 is 0 Å². The molecule has 0 bridgehead atoms. The van der Waals surface area contributed by atoms with Crippen LogP contribution in [-0.4, -0.2) is 136 Å². The zero-order chi connectivity index (χ0) is 40.5. The molecule has 0 unspecified atom stereocenters. The number of azide groups is 1. The Bertz CT molecular complexity index is 1820. The summed E-state index contributed by atoms with van der Waals surface area (Å²) in [6.07, 6.45) is -0.0636. The average molecular weight is 812 g/mol. The summed E-state index contributed by atoms with van der Waals surface area (Å²) >= 11 is 5.82. The normalized spacial score (nSPS) is 13.2. The molecule has 2 aliphatic heterocycles. The fourth-order valence-electron chi connectivity index (χ4n) is 6.04. The first-order valence-electron chi connectivity index (χ1n) is 18.2. The van der Waals surface area contributed by atoms with Crippen molar-refractivity contribution in [1.29, 1.82) is 0 Å². The summed E-state index contributed by atoms with van der Waals surface area (Å²) in [4.78, 5) is 28.7. The summed E-state index contributed by atoms with van der Waals surface area (Å²) in [5.74, 6) is -1.00. The first kappa shape index (κ1) is 42.9. The van der Waals surface area contributed by atoms with Crippen LogP contribution >= 0.6 is 12.2 Å². The standard InChI is InChI=1S/C38H45N5O13S/c39-42-40-8-12-50-16-20-54-22-18-52-14-10-43(9-13-51-17-21-53-19-15-49-11-7-35(46)47)37(57)41-26-1-4-30-29(23-26)36(48)56-38(30)31-5-2-27(44)24-33(31)55-34-25-28(45)3-6-32(34)38/h1-6,23-25,44-45H,7-22H2,(H,41,57)(H,46,47). The van der Waals surface area contributed by atoms with Gasteiger partial charge in [0.15, 0.2) is 10.7 Å². The van der Waals surface area contributed by atoms with Crippen molar-refractivity contribution in [2.75, 3.05) is 104 Å². The van der Waals surface area contributed by atoms with Crippen LogP contribution in [0.2, 0.25) is 0 Å². The number of carboxylic acids is 1. The molecule has 2 aliphatic rings. The molecule has 0 saturated heterocycles. The molecule has 0 fully saturated rings. The van der Waals surface area contributed by atoms with E-state index in [1.807, 2.05) is 4.90 Å². The molecular formula is C38H45N5O13S. The number of phenolic OH excluding ortho intramolecular Hbond substituents is 2. The Hall–Kier alpha value is -5.24. The second kappa shape index (κ2) is 21.9. The van der Waals surface area contributed by atoms with Crippen molar-refractivity contribution in [3.05, 3.63) is 87.3 Å². The minimum Gasteiger partial charge on any atom is -0.508 e. The van der Waals surface area contributed by atoms with Crippen LogP contribution in [0.1, 0.15) is 33.5 Å². The average Bonchev–Trinajstić information content (AvgIpc) is 3.47. The van der Waals surface area contributed by atoms with Gasteiger partial charge in [0.25, 0.3) is 0 Å². The SMILES string of the molecule is [N-]=[N+]=NCCOCCOCCOCCN(CCOCCOCCOCCC(=O)O)C(=S)Nc1ccc2c(c1)C(=O)OC21c2ccc(O)cc2Oc2cc(O)ccc21. The van der Waals surface area contributed by atoms with Crippen LogP contribution in [0, 0.1) is 0 Å². The largest absolute Gasteiger partial charge is 0.508 e. The van der Waals surface area contributed by atoms with E-state index in [-0.39, 0.29) is 49.2 Å². The number of ether oxygens (including phenoxy) is 8. The van der Waals surface area contributed by atoms with Crippen molar-refractivity contribution in [2.45, 2.75) is 12.0 Å². The first-order valence-corrected chi connectivity index (χ1v) is 18.6. The predicted molar refractivity (Wildman–Crippen MR) is 207 cm³/mol. The summed E-state index contributed by atoms with van der Waals surface area (Å²) in [6.45, 7) is 4.82. The van der Waals surface area contributed by atoms with Crippen molar-refractivity contribution < 1.29 is 62.8 Å². The zero-order valence-corrected chi connectivity index (χ0v) is 31.9. The molecule has 57 heavy (non-hydrogen) atoms. The summed E-state index contributed by atoms with van der Waals surface area (Å²) in [5, 5.41) is 36.1. The van der Waals surface area contributed by atoms with Gasteiger partial charge in [-0.15, -0.1) is 0 Å². The molecule has 0 saturated carbocycles. The number of esters is 1. The van der Waals surface area contributed by atoms with Crippen molar-refractivity contribution in [3.8, 4) is 23.0 Å². The van der Waals surface area contributed by atoms with Crippen LogP contribution < -0.4 is 10.1 Å². The third-order valence-corrected chi connectivity index (χ3v) is 9.03. The fourth-order valence-corrected chi connectivity index (χ4v) is 6.34. The molecule has 4 N–H and O–H groups in total. The molecule has 3 aromatic rings. The lowest BCUT2D eigenvalue weighted by Crippen LogP contribution is -2.39. The third kappa shape index (κ3) is 11.9. The lowest BCUT2D eigenvalue weighted by atomic mass is 9.77. The molecule has 0 aromatic heterocycles. The van der Waals surface area contributed by atoms with Gasteiger partial charge in [-0.25, -0.2) is 4.79 Å². The van der Waals surface area contributed by atoms with E-state index in [1.54, 1.807) is 30.3 Å². The van der Waals surface area contributed by atoms with Gasteiger partial charge in [-0.3, -0.25) is 4.79 Å². The third-order valence-electron chi connectivity index (χ3n) is 8.67. The maximum absolute atomic E-state index is 13.6. The predicted octanol–water partition coefficient (Wildman–Crippen LogP) is 4.55. The number of fused-ring (bicyclic) bond motifs is 6. The first-order chi connectivity index (χ1) is 27.7. The van der Waals surface area contributed by atoms with Gasteiger partial charge in [0.05, 0.1) is 91.3 Å². The number of phenols is 2. The zero-order valence-electron chi connectivity index (χ0n) is 31.1. The van der Waals surface area contributed by atoms with Crippen molar-refractivity contribution in [3.63, 3.8) is 0 Å². The topological polar surface area (TPSA) is 233 Å². The van der Waals surface area contributed by atoms with Gasteiger partial charge in [0.2, 0.25) is 0 Å². The van der Waals surface area contributed by atoms with Crippen molar-refractivity contribution in [2.24, 2.45) is 5.11 Å². The maximum Gasteiger partial charge on any atom is 0.340 e. The molecule has 0 amide bonds. The molecule has 1 spiro atoms. The summed E-state index contributed by atoms with van der Waals surface area (Å²) in [6, 6.07) is 14.4. The molecule has 306 valence electrons. The Morgan fingerprint density at radius 1 is 0.754 bits per heavy atom. The minimum absolute atomic E-state index is 0.0363. The van der Waals surface area contributed by atoms with Gasteiger partial charge in [0.1, 0.15) is 23.0 Å². The highest BCUT2D eigenvalue weighted by Gasteiger charge is 2.53. The van der Waals surface area contributed by atoms with Crippen molar-refractivity contribution >= 4 is 35.0 Å². The maximum atomic E-state index is 13.6. The van der Waals surface area contributed by atoms with Crippen molar-refractivity contribution in [1.82, 2.24) is 4.90 Å². The van der Waals surface area contributed by atoms with Crippen LogP contribution in [-0.2, 0) is 43.6 Å². The van der Waals surface area contributed by atoms with E-state index in [4.69, 9.17) is 60.8 Å². The number of benzene rings is 3. The Morgan fingerprint density at radius 3 is 1.81 bits per heavy atom. The van der Waals surface area contributed by atoms with E-state index in [9.17, 15) is 19.8 Å². The highest BCUT2D eigenvalue weighted by Crippen LogP contribution is 2.57. The van der Waals surface area contributed by atoms with Crippen LogP contribution in [0.25, 0.3) is 10.4 Å². The number of carboxylic acid groups (broad SMARTS) is 1. The van der Waals surface area contributed by atoms with Gasteiger partial charge in [0, 0.05) is 59.1 Å². The summed E-state index contributed by atoms with van der Waals surface area (Å²) < 4.78 is 45.3. The molecule has 0 atom stereocenters. The number of carbonyl (C=O) groups excluding carboxylic acids is 1. The Balaban J connectivity index is 1.18. The molecule has 18 nitrogen and oxygen atoms in total. The monoisotopic (exact) mass is 811 g/mol. The fraction of sp³-hybridized carbons (Fsp3) is 0.447. The summed E-state index contributed by atoms with van der Waals surface area (Å²) in [5.41, 5.74) is 9.34.